The maximum absolute atomic E-state index is 10.4. The molecule has 0 bridgehead atoms. The summed E-state index contributed by atoms with van der Waals surface area (Å²) < 4.78 is 0. The van der Waals surface area contributed by atoms with E-state index in [0.29, 0.717) is 0 Å². The number of aromatic nitrogens is 1. The van der Waals surface area contributed by atoms with Gasteiger partial charge in [0.2, 0.25) is 0 Å². The molecule has 15 heavy (non-hydrogen) atoms. The van der Waals surface area contributed by atoms with Crippen molar-refractivity contribution in [1.82, 2.24) is 4.98 Å². The number of pyridine rings is 1. The molecule has 0 aliphatic carbocycles. The Hall–Kier alpha value is -1.37. The third-order valence-corrected chi connectivity index (χ3v) is 2.07. The SMILES string of the molecule is Nc1cnc(Cl)c(C(O)C(O)C(=O)O)c1. The summed E-state index contributed by atoms with van der Waals surface area (Å²) in [4.78, 5) is 14.0. The standard InChI is InChI=1S/C8H9ClN2O4/c9-7-4(1-3(10)2-11-7)5(12)6(13)8(14)15/h1-2,5-6,12-13H,10H2,(H,14,15). The van der Waals surface area contributed by atoms with Crippen LogP contribution in [0.5, 0.6) is 0 Å². The number of anilines is 1. The van der Waals surface area contributed by atoms with E-state index in [1.54, 1.807) is 0 Å². The highest BCUT2D eigenvalue weighted by Crippen LogP contribution is 2.25. The van der Waals surface area contributed by atoms with Gasteiger partial charge in [-0.3, -0.25) is 0 Å². The van der Waals surface area contributed by atoms with Gasteiger partial charge in [-0.05, 0) is 6.07 Å². The smallest absolute Gasteiger partial charge is 0.335 e. The summed E-state index contributed by atoms with van der Waals surface area (Å²) in [5, 5.41) is 26.9. The number of aliphatic hydroxyl groups is 2. The first-order valence-electron chi connectivity index (χ1n) is 3.93. The van der Waals surface area contributed by atoms with Gasteiger partial charge >= 0.3 is 5.97 Å². The number of nitrogen functional groups attached to an aromatic ring is 1. The number of aliphatic carboxylic acids is 1. The summed E-state index contributed by atoms with van der Waals surface area (Å²) in [6.07, 6.45) is -2.37. The molecule has 0 saturated carbocycles. The van der Waals surface area contributed by atoms with E-state index in [0.717, 1.165) is 0 Å². The maximum atomic E-state index is 10.4. The Morgan fingerprint density at radius 3 is 2.67 bits per heavy atom. The summed E-state index contributed by atoms with van der Waals surface area (Å²) >= 11 is 5.61. The van der Waals surface area contributed by atoms with Gasteiger partial charge in [0.1, 0.15) is 11.3 Å². The molecular formula is C8H9ClN2O4. The average molecular weight is 233 g/mol. The van der Waals surface area contributed by atoms with Crippen LogP contribution in [0.1, 0.15) is 11.7 Å². The maximum Gasteiger partial charge on any atom is 0.335 e. The van der Waals surface area contributed by atoms with Crippen molar-refractivity contribution in [2.45, 2.75) is 12.2 Å². The second-order valence-corrected chi connectivity index (χ2v) is 3.23. The lowest BCUT2D eigenvalue weighted by atomic mass is 10.1. The van der Waals surface area contributed by atoms with Gasteiger partial charge in [-0.15, -0.1) is 0 Å². The van der Waals surface area contributed by atoms with Crippen LogP contribution >= 0.6 is 11.6 Å². The topological polar surface area (TPSA) is 117 Å². The van der Waals surface area contributed by atoms with Crippen molar-refractivity contribution >= 4 is 23.3 Å². The largest absolute Gasteiger partial charge is 0.479 e. The number of carbonyl (C=O) groups is 1. The van der Waals surface area contributed by atoms with Crippen LogP contribution in [-0.2, 0) is 4.79 Å². The molecule has 0 radical (unpaired) electrons. The quantitative estimate of drug-likeness (QED) is 0.536. The van der Waals surface area contributed by atoms with Crippen molar-refractivity contribution in [2.24, 2.45) is 0 Å². The van der Waals surface area contributed by atoms with Gasteiger partial charge in [-0.25, -0.2) is 9.78 Å². The molecular weight excluding hydrogens is 224 g/mol. The molecule has 2 unspecified atom stereocenters. The van der Waals surface area contributed by atoms with Crippen molar-refractivity contribution in [3.05, 3.63) is 23.0 Å². The Morgan fingerprint density at radius 1 is 1.53 bits per heavy atom. The number of nitrogens with two attached hydrogens (primary N) is 1. The number of hydrogen-bond donors (Lipinski definition) is 4. The van der Waals surface area contributed by atoms with E-state index in [2.05, 4.69) is 4.98 Å². The van der Waals surface area contributed by atoms with E-state index in [4.69, 9.17) is 27.5 Å². The van der Waals surface area contributed by atoms with E-state index in [-0.39, 0.29) is 16.4 Å². The average Bonchev–Trinajstić information content (AvgIpc) is 2.19. The highest BCUT2D eigenvalue weighted by atomic mass is 35.5. The second kappa shape index (κ2) is 4.43. The number of hydrogen-bond acceptors (Lipinski definition) is 5. The van der Waals surface area contributed by atoms with Crippen LogP contribution in [0, 0.1) is 0 Å². The van der Waals surface area contributed by atoms with Crippen LogP contribution in [0.25, 0.3) is 0 Å². The van der Waals surface area contributed by atoms with Gasteiger partial charge in [0.05, 0.1) is 11.9 Å². The molecule has 0 aliphatic rings. The molecule has 0 spiro atoms. The fourth-order valence-corrected chi connectivity index (χ4v) is 1.21. The molecule has 5 N–H and O–H groups in total. The van der Waals surface area contributed by atoms with E-state index in [9.17, 15) is 9.90 Å². The zero-order chi connectivity index (χ0) is 11.6. The van der Waals surface area contributed by atoms with Gasteiger partial charge in [-0.2, -0.15) is 0 Å². The number of carboxylic acids is 1. The molecule has 2 atom stereocenters. The molecule has 1 aromatic rings. The molecule has 1 heterocycles. The third-order valence-electron chi connectivity index (χ3n) is 1.76. The zero-order valence-corrected chi connectivity index (χ0v) is 8.22. The molecule has 7 heteroatoms. The van der Waals surface area contributed by atoms with Gasteiger partial charge in [0.25, 0.3) is 0 Å². The second-order valence-electron chi connectivity index (χ2n) is 2.88. The Bertz CT molecular complexity index is 385. The highest BCUT2D eigenvalue weighted by Gasteiger charge is 2.27. The molecule has 1 rings (SSSR count). The molecule has 0 aromatic carbocycles. The van der Waals surface area contributed by atoms with E-state index in [1.807, 2.05) is 0 Å². The minimum absolute atomic E-state index is 0.0217. The van der Waals surface area contributed by atoms with Crippen LogP contribution < -0.4 is 5.73 Å². The Morgan fingerprint density at radius 2 is 2.13 bits per heavy atom. The first kappa shape index (κ1) is 11.7. The zero-order valence-electron chi connectivity index (χ0n) is 7.46. The van der Waals surface area contributed by atoms with Crippen molar-refractivity contribution in [3.8, 4) is 0 Å². The van der Waals surface area contributed by atoms with Crippen molar-refractivity contribution in [3.63, 3.8) is 0 Å². The number of carboxylic acid groups (broad SMARTS) is 1. The van der Waals surface area contributed by atoms with Crippen LogP contribution in [0.2, 0.25) is 5.15 Å². The van der Waals surface area contributed by atoms with Crippen LogP contribution in [-0.4, -0.2) is 32.4 Å². The number of nitrogens with zero attached hydrogens (tertiary/aromatic N) is 1. The lowest BCUT2D eigenvalue weighted by Gasteiger charge is -2.15. The summed E-state index contributed by atoms with van der Waals surface area (Å²) in [6, 6.07) is 1.26. The van der Waals surface area contributed by atoms with Gasteiger partial charge in [0.15, 0.2) is 6.10 Å². The molecule has 6 nitrogen and oxygen atoms in total. The van der Waals surface area contributed by atoms with Crippen LogP contribution in [0.3, 0.4) is 0 Å². The Balaban J connectivity index is 3.04. The first-order valence-corrected chi connectivity index (χ1v) is 4.31. The van der Waals surface area contributed by atoms with Crippen LogP contribution in [0.4, 0.5) is 5.69 Å². The third kappa shape index (κ3) is 2.56. The lowest BCUT2D eigenvalue weighted by molar-refractivity contribution is -0.153. The first-order chi connectivity index (χ1) is 6.93. The molecule has 82 valence electrons. The summed E-state index contributed by atoms with van der Waals surface area (Å²) in [7, 11) is 0. The van der Waals surface area contributed by atoms with Gasteiger partial charge in [-0.1, -0.05) is 11.6 Å². The van der Waals surface area contributed by atoms with Crippen molar-refractivity contribution in [1.29, 1.82) is 0 Å². The minimum Gasteiger partial charge on any atom is -0.479 e. The number of aliphatic hydroxyl groups excluding tert-OH is 2. The minimum atomic E-state index is -1.97. The van der Waals surface area contributed by atoms with E-state index in [1.165, 1.54) is 12.3 Å². The van der Waals surface area contributed by atoms with Crippen molar-refractivity contribution in [2.75, 3.05) is 5.73 Å². The molecule has 0 amide bonds. The predicted octanol–water partition coefficient (Wildman–Crippen LogP) is -0.204. The normalized spacial score (nSPS) is 14.6. The highest BCUT2D eigenvalue weighted by molar-refractivity contribution is 6.30. The fraction of sp³-hybridized carbons (Fsp3) is 0.250. The molecule has 0 fully saturated rings. The monoisotopic (exact) mass is 232 g/mol. The fourth-order valence-electron chi connectivity index (χ4n) is 0.995. The summed E-state index contributed by atoms with van der Waals surface area (Å²) in [5.41, 5.74) is 5.57. The van der Waals surface area contributed by atoms with E-state index >= 15 is 0 Å². The Labute approximate surface area is 89.9 Å². The van der Waals surface area contributed by atoms with E-state index < -0.39 is 18.2 Å². The lowest BCUT2D eigenvalue weighted by Crippen LogP contribution is -2.27. The Kier molecular flexibility index (Phi) is 3.46. The summed E-state index contributed by atoms with van der Waals surface area (Å²) in [6.45, 7) is 0. The number of halogens is 1. The predicted molar refractivity (Wildman–Crippen MR) is 52.3 cm³/mol. The van der Waals surface area contributed by atoms with Gasteiger partial charge in [0, 0.05) is 5.56 Å². The number of rotatable bonds is 3. The summed E-state index contributed by atoms with van der Waals surface area (Å²) in [5.74, 6) is -1.55. The van der Waals surface area contributed by atoms with Crippen LogP contribution in [0.15, 0.2) is 12.3 Å². The molecule has 0 saturated heterocycles. The molecule has 1 aromatic heterocycles. The van der Waals surface area contributed by atoms with Crippen molar-refractivity contribution < 1.29 is 20.1 Å². The van der Waals surface area contributed by atoms with Gasteiger partial charge < -0.3 is 21.1 Å². The molecule has 0 aliphatic heterocycles.